The van der Waals surface area contributed by atoms with E-state index in [1.165, 1.54) is 0 Å². The lowest BCUT2D eigenvalue weighted by molar-refractivity contribution is 0.0746. The van der Waals surface area contributed by atoms with Crippen molar-refractivity contribution in [1.82, 2.24) is 29.8 Å². The Kier molecular flexibility index (Phi) is 11.3. The Morgan fingerprint density at radius 3 is 1.95 bits per heavy atom. The number of ether oxygens (including phenoxy) is 3. The van der Waals surface area contributed by atoms with Crippen LogP contribution in [-0.4, -0.2) is 109 Å². The van der Waals surface area contributed by atoms with E-state index >= 15 is 0 Å². The second kappa shape index (κ2) is 17.6. The number of carbonyl (C=O) groups excluding carboxylic acids is 1. The molecule has 60 heavy (non-hydrogen) atoms. The lowest BCUT2D eigenvalue weighted by atomic mass is 10.1. The molecular formula is C46H48N10O4. The first-order chi connectivity index (χ1) is 29.5. The highest BCUT2D eigenvalue weighted by molar-refractivity contribution is 5.95. The Morgan fingerprint density at radius 1 is 0.700 bits per heavy atom. The van der Waals surface area contributed by atoms with Crippen molar-refractivity contribution in [2.24, 2.45) is 0 Å². The topological polar surface area (TPSA) is 125 Å². The number of anilines is 5. The Balaban J connectivity index is 0.972. The molecule has 3 aromatic heterocycles. The van der Waals surface area contributed by atoms with E-state index in [2.05, 4.69) is 48.8 Å². The van der Waals surface area contributed by atoms with Crippen molar-refractivity contribution >= 4 is 35.1 Å². The predicted molar refractivity (Wildman–Crippen MR) is 231 cm³/mol. The fourth-order valence-electron chi connectivity index (χ4n) is 7.99. The SMILES string of the molecule is COc1ccc(CN(Cc2ccc(OC)cc2)c2ncc(-c3nc(N4CCOCC4)nc4c3CCN4c3ccc(C(=O)N4CCN(c5ccccn5)CC4)cc3)cn2)cc1. The molecule has 0 radical (unpaired) electrons. The van der Waals surface area contributed by atoms with Gasteiger partial charge in [-0.1, -0.05) is 30.3 Å². The molecule has 3 aromatic carbocycles. The molecule has 2 fully saturated rings. The standard InChI is InChI=1S/C46H48N10O4/c1-58-38-14-6-33(7-15-38)31-55(32-34-8-16-39(59-2)17-9-34)45-48-29-36(30-49-45)42-40-18-20-56(43(40)51-46(50-42)54-25-27-60-28-26-54)37-12-10-35(11-13-37)44(57)53-23-21-52(22-24-53)41-5-3-4-19-47-41/h3-17,19,29-30H,18,20-28,31-32H2,1-2H3. The molecule has 3 aliphatic rings. The highest BCUT2D eigenvalue weighted by Gasteiger charge is 2.30. The van der Waals surface area contributed by atoms with Gasteiger partial charge in [0.1, 0.15) is 23.1 Å². The van der Waals surface area contributed by atoms with E-state index in [0.29, 0.717) is 69.9 Å². The van der Waals surface area contributed by atoms with E-state index < -0.39 is 0 Å². The number of amides is 1. The molecule has 0 spiro atoms. The lowest BCUT2D eigenvalue weighted by Crippen LogP contribution is -2.49. The molecule has 1 amide bonds. The van der Waals surface area contributed by atoms with Gasteiger partial charge in [-0.15, -0.1) is 0 Å². The summed E-state index contributed by atoms with van der Waals surface area (Å²) in [7, 11) is 3.34. The number of benzene rings is 3. The zero-order valence-electron chi connectivity index (χ0n) is 34.0. The normalized spacial score (nSPS) is 15.2. The van der Waals surface area contributed by atoms with Crippen LogP contribution in [0.1, 0.15) is 27.0 Å². The third-order valence-electron chi connectivity index (χ3n) is 11.3. The van der Waals surface area contributed by atoms with Gasteiger partial charge in [0.2, 0.25) is 11.9 Å². The molecule has 306 valence electrons. The van der Waals surface area contributed by atoms with E-state index in [1.807, 2.05) is 84.0 Å². The number of morpholine rings is 1. The van der Waals surface area contributed by atoms with Crippen molar-refractivity contribution in [2.75, 3.05) is 92.8 Å². The van der Waals surface area contributed by atoms with E-state index in [4.69, 9.17) is 34.1 Å². The number of fused-ring (bicyclic) bond motifs is 1. The summed E-state index contributed by atoms with van der Waals surface area (Å²) in [5, 5.41) is 0. The number of rotatable bonds is 12. The number of piperazine rings is 1. The minimum atomic E-state index is 0.0401. The van der Waals surface area contributed by atoms with Gasteiger partial charge in [-0.3, -0.25) is 4.79 Å². The summed E-state index contributed by atoms with van der Waals surface area (Å²) in [4.78, 5) is 49.1. The van der Waals surface area contributed by atoms with Gasteiger partial charge in [-0.2, -0.15) is 4.98 Å². The molecule has 14 nitrogen and oxygen atoms in total. The number of methoxy groups -OCH3 is 2. The van der Waals surface area contributed by atoms with Crippen LogP contribution >= 0.6 is 0 Å². The number of aromatic nitrogens is 5. The van der Waals surface area contributed by atoms with Crippen LogP contribution in [0.25, 0.3) is 11.3 Å². The molecule has 6 aromatic rings. The van der Waals surface area contributed by atoms with E-state index in [0.717, 1.165) is 82.8 Å². The molecule has 3 aliphatic heterocycles. The van der Waals surface area contributed by atoms with Gasteiger partial charge >= 0.3 is 0 Å². The molecule has 9 rings (SSSR count). The van der Waals surface area contributed by atoms with Crippen molar-refractivity contribution in [3.05, 3.63) is 132 Å². The first-order valence-corrected chi connectivity index (χ1v) is 20.4. The third-order valence-corrected chi connectivity index (χ3v) is 11.3. The zero-order valence-corrected chi connectivity index (χ0v) is 34.0. The van der Waals surface area contributed by atoms with Gasteiger partial charge in [0, 0.05) is 99.9 Å². The number of hydrogen-bond acceptors (Lipinski definition) is 13. The van der Waals surface area contributed by atoms with Crippen molar-refractivity contribution in [1.29, 1.82) is 0 Å². The number of nitrogens with zero attached hydrogens (tertiary/aromatic N) is 10. The Morgan fingerprint density at radius 2 is 1.35 bits per heavy atom. The summed E-state index contributed by atoms with van der Waals surface area (Å²) in [6.07, 6.45) is 6.31. The maximum Gasteiger partial charge on any atom is 0.253 e. The molecule has 0 saturated carbocycles. The summed E-state index contributed by atoms with van der Waals surface area (Å²) in [6, 6.07) is 30.0. The Hall–Kier alpha value is -6.80. The summed E-state index contributed by atoms with van der Waals surface area (Å²) >= 11 is 0. The van der Waals surface area contributed by atoms with Crippen LogP contribution in [-0.2, 0) is 24.2 Å². The molecular weight excluding hydrogens is 757 g/mol. The van der Waals surface area contributed by atoms with E-state index in [1.54, 1.807) is 20.4 Å². The summed E-state index contributed by atoms with van der Waals surface area (Å²) < 4.78 is 16.5. The van der Waals surface area contributed by atoms with Gasteiger partial charge in [-0.25, -0.2) is 19.9 Å². The first-order valence-electron chi connectivity index (χ1n) is 20.4. The second-order valence-electron chi connectivity index (χ2n) is 15.0. The Bertz CT molecular complexity index is 2320. The van der Waals surface area contributed by atoms with Crippen molar-refractivity contribution in [3.8, 4) is 22.8 Å². The first kappa shape index (κ1) is 38.7. The smallest absolute Gasteiger partial charge is 0.253 e. The van der Waals surface area contributed by atoms with Gasteiger partial charge in [0.15, 0.2) is 0 Å². The van der Waals surface area contributed by atoms with Gasteiger partial charge < -0.3 is 38.7 Å². The van der Waals surface area contributed by atoms with Crippen LogP contribution in [0.2, 0.25) is 0 Å². The van der Waals surface area contributed by atoms with Gasteiger partial charge in [0.25, 0.3) is 5.91 Å². The second-order valence-corrected chi connectivity index (χ2v) is 15.0. The number of hydrogen-bond donors (Lipinski definition) is 0. The minimum Gasteiger partial charge on any atom is -0.497 e. The average molecular weight is 805 g/mol. The molecule has 0 bridgehead atoms. The van der Waals surface area contributed by atoms with Crippen LogP contribution in [0.15, 0.2) is 110 Å². The summed E-state index contributed by atoms with van der Waals surface area (Å²) in [5.74, 6) is 4.72. The van der Waals surface area contributed by atoms with E-state index in [9.17, 15) is 4.79 Å². The van der Waals surface area contributed by atoms with Crippen LogP contribution in [0, 0.1) is 0 Å². The molecule has 0 unspecified atom stereocenters. The fourth-order valence-corrected chi connectivity index (χ4v) is 7.99. The monoisotopic (exact) mass is 804 g/mol. The minimum absolute atomic E-state index is 0.0401. The van der Waals surface area contributed by atoms with Crippen molar-refractivity contribution in [3.63, 3.8) is 0 Å². The highest BCUT2D eigenvalue weighted by atomic mass is 16.5. The molecule has 14 heteroatoms. The van der Waals surface area contributed by atoms with Crippen molar-refractivity contribution in [2.45, 2.75) is 19.5 Å². The molecule has 0 N–H and O–H groups in total. The van der Waals surface area contributed by atoms with Crippen LogP contribution in [0.3, 0.4) is 0 Å². The van der Waals surface area contributed by atoms with Crippen LogP contribution in [0.4, 0.5) is 29.2 Å². The quantitative estimate of drug-likeness (QED) is 0.143. The van der Waals surface area contributed by atoms with Crippen LogP contribution < -0.4 is 29.1 Å². The lowest BCUT2D eigenvalue weighted by Gasteiger charge is -2.35. The van der Waals surface area contributed by atoms with Crippen LogP contribution in [0.5, 0.6) is 11.5 Å². The van der Waals surface area contributed by atoms with E-state index in [-0.39, 0.29) is 5.91 Å². The predicted octanol–water partition coefficient (Wildman–Crippen LogP) is 6.05. The number of pyridine rings is 1. The average Bonchev–Trinajstić information content (AvgIpc) is 3.76. The maximum atomic E-state index is 13.6. The molecule has 0 aliphatic carbocycles. The largest absolute Gasteiger partial charge is 0.497 e. The highest BCUT2D eigenvalue weighted by Crippen LogP contribution is 2.39. The van der Waals surface area contributed by atoms with Gasteiger partial charge in [0.05, 0.1) is 33.1 Å². The Labute approximate surface area is 350 Å². The molecule has 0 atom stereocenters. The zero-order chi connectivity index (χ0) is 40.8. The maximum absolute atomic E-state index is 13.6. The third kappa shape index (κ3) is 8.36. The summed E-state index contributed by atoms with van der Waals surface area (Å²) in [5.41, 5.74) is 6.56. The fraction of sp³-hybridized carbons (Fsp3) is 0.304. The number of carbonyl (C=O) groups is 1. The summed E-state index contributed by atoms with van der Waals surface area (Å²) in [6.45, 7) is 7.34. The van der Waals surface area contributed by atoms with Crippen molar-refractivity contribution < 1.29 is 19.0 Å². The molecule has 6 heterocycles. The molecule has 2 saturated heterocycles. The van der Waals surface area contributed by atoms with Gasteiger partial charge in [-0.05, 0) is 78.2 Å².